The number of likely N-dealkylation sites (tertiary alicyclic amines) is 2. The summed E-state index contributed by atoms with van der Waals surface area (Å²) in [4.78, 5) is 17.2. The number of rotatable bonds is 12. The third-order valence-corrected chi connectivity index (χ3v) is 6.37. The molecule has 3 nitrogen and oxygen atoms in total. The number of amides is 1. The third-order valence-electron chi connectivity index (χ3n) is 6.37. The molecule has 2 rings (SSSR count). The number of nitrogens with zero attached hydrogens (tertiary/aromatic N) is 2. The highest BCUT2D eigenvalue weighted by atomic mass is 16.2. The van der Waals surface area contributed by atoms with E-state index >= 15 is 0 Å². The molecule has 0 saturated carbocycles. The second-order valence-electron chi connectivity index (χ2n) is 8.67. The molecule has 0 bridgehead atoms. The summed E-state index contributed by atoms with van der Waals surface area (Å²) in [6, 6.07) is 0. The van der Waals surface area contributed by atoms with Crippen LogP contribution in [0.5, 0.6) is 0 Å². The molecular formula is C22H42N2O. The van der Waals surface area contributed by atoms with Gasteiger partial charge in [-0.15, -0.1) is 0 Å². The molecule has 0 N–H and O–H groups in total. The van der Waals surface area contributed by atoms with Crippen LogP contribution in [0.4, 0.5) is 0 Å². The summed E-state index contributed by atoms with van der Waals surface area (Å²) < 4.78 is 0. The number of carbonyl (C=O) groups excluding carboxylic acids is 1. The zero-order chi connectivity index (χ0) is 18.0. The van der Waals surface area contributed by atoms with Crippen LogP contribution in [0.15, 0.2) is 0 Å². The largest absolute Gasteiger partial charge is 0.343 e. The van der Waals surface area contributed by atoms with Crippen LogP contribution < -0.4 is 0 Å². The molecule has 0 unspecified atom stereocenters. The first kappa shape index (κ1) is 20.7. The second-order valence-corrected chi connectivity index (χ2v) is 8.67. The van der Waals surface area contributed by atoms with E-state index in [1.807, 2.05) is 0 Å². The van der Waals surface area contributed by atoms with Crippen molar-refractivity contribution in [2.75, 3.05) is 32.7 Å². The normalized spacial score (nSPS) is 20.0. The van der Waals surface area contributed by atoms with Crippen molar-refractivity contribution in [1.29, 1.82) is 0 Å². The predicted octanol–water partition coefficient (Wildman–Crippen LogP) is 5.24. The first-order valence-corrected chi connectivity index (χ1v) is 11.2. The highest BCUT2D eigenvalue weighted by Gasteiger charge is 2.44. The second kappa shape index (κ2) is 11.2. The number of piperidine rings is 1. The van der Waals surface area contributed by atoms with Crippen molar-refractivity contribution < 1.29 is 4.79 Å². The van der Waals surface area contributed by atoms with E-state index < -0.39 is 0 Å². The number of hydrogen-bond donors (Lipinski definition) is 0. The minimum absolute atomic E-state index is 0.415. The number of unbranched alkanes of at least 4 members (excludes halogenated alkanes) is 8. The Balaban J connectivity index is 1.52. The van der Waals surface area contributed by atoms with Crippen LogP contribution in [0.2, 0.25) is 0 Å². The Kier molecular flexibility index (Phi) is 9.30. The monoisotopic (exact) mass is 350 g/mol. The lowest BCUT2D eigenvalue weighted by atomic mass is 9.72. The fourth-order valence-corrected chi connectivity index (χ4v) is 4.58. The van der Waals surface area contributed by atoms with Gasteiger partial charge in [0.05, 0.1) is 0 Å². The molecular weight excluding hydrogens is 308 g/mol. The summed E-state index contributed by atoms with van der Waals surface area (Å²) in [5.41, 5.74) is 0.557. The molecule has 3 heteroatoms. The summed E-state index contributed by atoms with van der Waals surface area (Å²) in [6.07, 6.45) is 16.4. The van der Waals surface area contributed by atoms with Crippen molar-refractivity contribution in [3.05, 3.63) is 0 Å². The van der Waals surface area contributed by atoms with Crippen LogP contribution in [0.1, 0.15) is 97.3 Å². The third kappa shape index (κ3) is 6.92. The van der Waals surface area contributed by atoms with E-state index in [0.29, 0.717) is 11.3 Å². The molecule has 2 aliphatic heterocycles. The van der Waals surface area contributed by atoms with Crippen molar-refractivity contribution in [3.63, 3.8) is 0 Å². The first-order chi connectivity index (χ1) is 12.2. The fraction of sp³-hybridized carbons (Fsp3) is 0.955. The van der Waals surface area contributed by atoms with Gasteiger partial charge >= 0.3 is 0 Å². The molecule has 2 fully saturated rings. The lowest BCUT2D eigenvalue weighted by molar-refractivity contribution is -0.136. The van der Waals surface area contributed by atoms with Gasteiger partial charge in [0.15, 0.2) is 0 Å². The maximum Gasteiger partial charge on any atom is 0.222 e. The summed E-state index contributed by atoms with van der Waals surface area (Å²) >= 11 is 0. The Morgan fingerprint density at radius 2 is 1.36 bits per heavy atom. The minimum Gasteiger partial charge on any atom is -0.343 e. The van der Waals surface area contributed by atoms with Crippen molar-refractivity contribution >= 4 is 5.91 Å². The van der Waals surface area contributed by atoms with Crippen LogP contribution in [-0.4, -0.2) is 48.4 Å². The van der Waals surface area contributed by atoms with E-state index in [1.54, 1.807) is 0 Å². The van der Waals surface area contributed by atoms with Gasteiger partial charge < -0.3 is 9.80 Å². The van der Waals surface area contributed by atoms with Crippen molar-refractivity contribution in [3.8, 4) is 0 Å². The highest BCUT2D eigenvalue weighted by molar-refractivity contribution is 5.76. The molecule has 0 aromatic rings. The lowest BCUT2D eigenvalue weighted by Gasteiger charge is -2.54. The van der Waals surface area contributed by atoms with E-state index in [9.17, 15) is 4.79 Å². The number of carbonyl (C=O) groups is 1. The smallest absolute Gasteiger partial charge is 0.222 e. The molecule has 0 aliphatic carbocycles. The Morgan fingerprint density at radius 1 is 0.800 bits per heavy atom. The zero-order valence-corrected chi connectivity index (χ0v) is 17.0. The molecule has 1 amide bonds. The highest BCUT2D eigenvalue weighted by Crippen LogP contribution is 2.40. The minimum atomic E-state index is 0.415. The number of hydrogen-bond acceptors (Lipinski definition) is 2. The summed E-state index contributed by atoms with van der Waals surface area (Å²) in [5.74, 6) is 0.415. The summed E-state index contributed by atoms with van der Waals surface area (Å²) in [7, 11) is 0. The molecule has 2 aliphatic rings. The van der Waals surface area contributed by atoms with E-state index in [4.69, 9.17) is 0 Å². The van der Waals surface area contributed by atoms with Gasteiger partial charge in [-0.1, -0.05) is 65.2 Å². The molecule has 2 heterocycles. The standard InChI is InChI=1S/C22H42N2O/c1-3-5-7-9-11-13-21(25)24-17-14-22(15-18-24)19-23(20-22)16-12-10-8-6-4-2/h3-20H2,1-2H3. The van der Waals surface area contributed by atoms with Gasteiger partial charge in [-0.05, 0) is 37.6 Å². The van der Waals surface area contributed by atoms with E-state index in [2.05, 4.69) is 23.6 Å². The maximum atomic E-state index is 12.4. The van der Waals surface area contributed by atoms with E-state index in [0.717, 1.165) is 25.9 Å². The summed E-state index contributed by atoms with van der Waals surface area (Å²) in [6.45, 7) is 10.4. The van der Waals surface area contributed by atoms with Gasteiger partial charge in [-0.3, -0.25) is 4.79 Å². The van der Waals surface area contributed by atoms with Gasteiger partial charge in [0.1, 0.15) is 0 Å². The van der Waals surface area contributed by atoms with Crippen molar-refractivity contribution in [2.24, 2.45) is 5.41 Å². The molecule has 1 spiro atoms. The van der Waals surface area contributed by atoms with Gasteiger partial charge in [0.2, 0.25) is 5.91 Å². The average molecular weight is 351 g/mol. The van der Waals surface area contributed by atoms with Crippen LogP contribution in [0.25, 0.3) is 0 Å². The Bertz CT molecular complexity index is 366. The molecule has 25 heavy (non-hydrogen) atoms. The Morgan fingerprint density at radius 3 is 1.96 bits per heavy atom. The van der Waals surface area contributed by atoms with Crippen LogP contribution >= 0.6 is 0 Å². The van der Waals surface area contributed by atoms with E-state index in [1.165, 1.54) is 90.3 Å². The molecule has 0 aromatic carbocycles. The molecule has 146 valence electrons. The first-order valence-electron chi connectivity index (χ1n) is 11.2. The molecule has 2 saturated heterocycles. The topological polar surface area (TPSA) is 23.6 Å². The van der Waals surface area contributed by atoms with Crippen LogP contribution in [0.3, 0.4) is 0 Å². The van der Waals surface area contributed by atoms with Crippen molar-refractivity contribution in [2.45, 2.75) is 97.3 Å². The lowest BCUT2D eigenvalue weighted by Crippen LogP contribution is -2.60. The van der Waals surface area contributed by atoms with Gasteiger partial charge in [0.25, 0.3) is 0 Å². The molecule has 0 radical (unpaired) electrons. The van der Waals surface area contributed by atoms with Crippen LogP contribution in [0, 0.1) is 5.41 Å². The van der Waals surface area contributed by atoms with Gasteiger partial charge in [-0.2, -0.15) is 0 Å². The van der Waals surface area contributed by atoms with Gasteiger partial charge in [-0.25, -0.2) is 0 Å². The Hall–Kier alpha value is -0.570. The van der Waals surface area contributed by atoms with E-state index in [-0.39, 0.29) is 0 Å². The Labute approximate surface area is 156 Å². The van der Waals surface area contributed by atoms with Crippen molar-refractivity contribution in [1.82, 2.24) is 9.80 Å². The molecule has 0 aromatic heterocycles. The van der Waals surface area contributed by atoms with Crippen LogP contribution in [-0.2, 0) is 4.79 Å². The SMILES string of the molecule is CCCCCCCC(=O)N1CCC2(CC1)CN(CCCCCCC)C2. The predicted molar refractivity (Wildman–Crippen MR) is 107 cm³/mol. The quantitative estimate of drug-likeness (QED) is 0.449. The average Bonchev–Trinajstić information content (AvgIpc) is 2.60. The maximum absolute atomic E-state index is 12.4. The van der Waals surface area contributed by atoms with Gasteiger partial charge in [0, 0.05) is 32.6 Å². The zero-order valence-electron chi connectivity index (χ0n) is 17.0. The molecule has 0 atom stereocenters. The fourth-order valence-electron chi connectivity index (χ4n) is 4.58. The summed E-state index contributed by atoms with van der Waals surface area (Å²) in [5, 5.41) is 0.